The minimum Gasteiger partial charge on any atom is -0.457 e. The zero-order valence-corrected chi connectivity index (χ0v) is 49.3. The second kappa shape index (κ2) is 30.7. The van der Waals surface area contributed by atoms with Gasteiger partial charge in [0.05, 0.1) is 36.4 Å². The number of cyclic esters (lactones) is 1. The number of ether oxygens (including phenoxy) is 5. The van der Waals surface area contributed by atoms with Crippen LogP contribution in [0.4, 0.5) is 15.3 Å². The van der Waals surface area contributed by atoms with Crippen LogP contribution in [-0.4, -0.2) is 177 Å². The lowest BCUT2D eigenvalue weighted by Gasteiger charge is -2.38. The highest BCUT2D eigenvalue weighted by Gasteiger charge is 2.47. The largest absolute Gasteiger partial charge is 0.457 e. The van der Waals surface area contributed by atoms with Crippen molar-refractivity contribution in [3.63, 3.8) is 0 Å². The lowest BCUT2D eigenvalue weighted by molar-refractivity contribution is -0.151. The van der Waals surface area contributed by atoms with Crippen molar-refractivity contribution in [2.24, 2.45) is 17.8 Å². The third-order valence-corrected chi connectivity index (χ3v) is 15.6. The van der Waals surface area contributed by atoms with Gasteiger partial charge in [-0.25, -0.2) is 9.59 Å². The van der Waals surface area contributed by atoms with E-state index in [4.69, 9.17) is 23.7 Å². The van der Waals surface area contributed by atoms with Crippen molar-refractivity contribution < 1.29 is 77.4 Å². The first kappa shape index (κ1) is 66.3. The molecule has 1 aromatic carbocycles. The van der Waals surface area contributed by atoms with Crippen molar-refractivity contribution >= 4 is 53.4 Å². The minimum atomic E-state index is -1.22. The quantitative estimate of drug-likeness (QED) is 0.0144. The molecule has 5 rings (SSSR count). The molecule has 0 radical (unpaired) electrons. The third-order valence-electron chi connectivity index (χ3n) is 15.6. The summed E-state index contributed by atoms with van der Waals surface area (Å²) in [4.78, 5) is 107. The molecule has 0 bridgehead atoms. The number of nitrogens with one attached hydrogen (secondary N) is 3. The molecule has 0 saturated carbocycles. The summed E-state index contributed by atoms with van der Waals surface area (Å²) >= 11 is 0. The van der Waals surface area contributed by atoms with Gasteiger partial charge in [-0.15, -0.1) is 0 Å². The summed E-state index contributed by atoms with van der Waals surface area (Å²) in [6.45, 7) is 16.8. The van der Waals surface area contributed by atoms with Gasteiger partial charge in [-0.3, -0.25) is 33.7 Å². The molecule has 0 spiro atoms. The SMILES string of the molecule is CC[C@H](O)[C@@H](C)[C@H]1O[C@@H]1C[C@@](C)(O)/C=C/C=C(\C)[C@H]1OC(=O)C[C@H](O)CC[C@@](C)(OC)[C@@H](OC(=O)N2CCN(C(=O)OCc3ccc(NC(=O)[C@H](C)NC(=O)[C@@H](NC(=O)CCCCCN4C(=O)C=CC4=O)C(C)C)cc3)CC2)/C=C/[C@@H]1C. The molecule has 6 N–H and O–H groups in total. The highest BCUT2D eigenvalue weighted by atomic mass is 16.6. The number of epoxide rings is 1. The zero-order valence-electron chi connectivity index (χ0n) is 49.3. The molecule has 4 heterocycles. The number of aliphatic hydroxyl groups excluding tert-OH is 2. The van der Waals surface area contributed by atoms with Crippen LogP contribution < -0.4 is 16.0 Å². The van der Waals surface area contributed by atoms with Crippen molar-refractivity contribution in [1.82, 2.24) is 25.3 Å². The first-order valence-electron chi connectivity index (χ1n) is 28.7. The van der Waals surface area contributed by atoms with Gasteiger partial charge in [0.2, 0.25) is 17.7 Å². The van der Waals surface area contributed by atoms with Crippen LogP contribution in [0.5, 0.6) is 0 Å². The number of aliphatic hydroxyl groups is 3. The Kier molecular flexibility index (Phi) is 24.9. The summed E-state index contributed by atoms with van der Waals surface area (Å²) in [5.74, 6) is -3.41. The molecule has 4 aliphatic heterocycles. The van der Waals surface area contributed by atoms with Gasteiger partial charge in [-0.05, 0) is 95.1 Å². The van der Waals surface area contributed by atoms with E-state index in [-0.39, 0.29) is 107 Å². The topological polar surface area (TPSA) is 293 Å². The molecule has 0 unspecified atom stereocenters. The number of piperazine rings is 1. The smallest absolute Gasteiger partial charge is 0.410 e. The fourth-order valence-electron chi connectivity index (χ4n) is 9.97. The number of anilines is 1. The van der Waals surface area contributed by atoms with Crippen molar-refractivity contribution in [2.45, 2.75) is 187 Å². The molecule has 4 aliphatic rings. The van der Waals surface area contributed by atoms with Crippen molar-refractivity contribution in [2.75, 3.05) is 45.2 Å². The second-order valence-corrected chi connectivity index (χ2v) is 22.9. The molecule has 1 aromatic rings. The summed E-state index contributed by atoms with van der Waals surface area (Å²) in [6.07, 6.45) is 9.10. The Labute approximate surface area is 482 Å². The van der Waals surface area contributed by atoms with E-state index in [9.17, 15) is 53.7 Å². The van der Waals surface area contributed by atoms with Gasteiger partial charge < -0.3 is 64.8 Å². The fourth-order valence-corrected chi connectivity index (χ4v) is 9.97. The molecule has 22 heteroatoms. The van der Waals surface area contributed by atoms with Gasteiger partial charge in [0.25, 0.3) is 11.8 Å². The third kappa shape index (κ3) is 19.9. The number of unbranched alkanes of at least 4 members (excludes halogenated alkanes) is 2. The van der Waals surface area contributed by atoms with E-state index >= 15 is 0 Å². The Morgan fingerprint density at radius 3 is 2.18 bits per heavy atom. The standard InChI is InChI=1S/C60H88N6O16/c1-11-45(68)40(6)54-46(80-54)35-59(8,77)27-15-16-38(4)53-39(5)18-23-47(60(9,78-10)28-26-44(67)34-51(72)82-53)81-58(76)65-32-30-64(31-33-65)57(75)79-36-42-19-21-43(22-20-42)62-55(73)41(7)61-56(74)52(37(2)3)63-48(69)17-13-12-14-29-66-49(70)24-25-50(66)71/h15-16,18-25,27,37,39-41,44-47,52-54,67-68,77H,11-14,17,26,28-36H2,1-10H3,(H,61,74)(H,62,73)(H,63,69)/b23-18+,27-15+,38-16+/t39-,40+,41-,44+,45-,46+,47-,52-,53+,54+,59-,60+/m0/s1. The number of carbonyl (C=O) groups is 8. The van der Waals surface area contributed by atoms with Crippen LogP contribution >= 0.6 is 0 Å². The number of amides is 7. The van der Waals surface area contributed by atoms with Gasteiger partial charge in [-0.2, -0.15) is 0 Å². The van der Waals surface area contributed by atoms with Gasteiger partial charge >= 0.3 is 18.2 Å². The maximum atomic E-state index is 13.8. The first-order chi connectivity index (χ1) is 38.7. The molecule has 12 atom stereocenters. The van der Waals surface area contributed by atoms with Crippen LogP contribution in [0.1, 0.15) is 126 Å². The fraction of sp³-hybridized carbons (Fsp3) is 0.633. The van der Waals surface area contributed by atoms with Crippen LogP contribution in [0.2, 0.25) is 0 Å². The Hall–Kier alpha value is -6.46. The first-order valence-corrected chi connectivity index (χ1v) is 28.7. The lowest BCUT2D eigenvalue weighted by Crippen LogP contribution is -2.53. The van der Waals surface area contributed by atoms with E-state index in [1.54, 1.807) is 89.3 Å². The average Bonchev–Trinajstić information content (AvgIpc) is 4.34. The maximum Gasteiger partial charge on any atom is 0.410 e. The Morgan fingerprint density at radius 1 is 0.915 bits per heavy atom. The molecule has 454 valence electrons. The van der Waals surface area contributed by atoms with E-state index in [0.29, 0.717) is 48.9 Å². The van der Waals surface area contributed by atoms with Crippen LogP contribution in [-0.2, 0) is 59.1 Å². The Morgan fingerprint density at radius 2 is 1.56 bits per heavy atom. The zero-order chi connectivity index (χ0) is 60.5. The van der Waals surface area contributed by atoms with Gasteiger partial charge in [0.15, 0.2) is 6.10 Å². The van der Waals surface area contributed by atoms with E-state index in [0.717, 1.165) is 4.90 Å². The molecule has 82 heavy (non-hydrogen) atoms. The predicted molar refractivity (Wildman–Crippen MR) is 303 cm³/mol. The number of allylic oxidation sites excluding steroid dienone is 2. The summed E-state index contributed by atoms with van der Waals surface area (Å²) in [7, 11) is 1.49. The van der Waals surface area contributed by atoms with Gasteiger partial charge in [0, 0.05) is 82.4 Å². The van der Waals surface area contributed by atoms with Crippen LogP contribution in [0.25, 0.3) is 0 Å². The van der Waals surface area contributed by atoms with E-state index in [2.05, 4.69) is 16.0 Å². The van der Waals surface area contributed by atoms with Crippen molar-refractivity contribution in [3.05, 3.63) is 77.9 Å². The van der Waals surface area contributed by atoms with Crippen LogP contribution in [0.3, 0.4) is 0 Å². The average molecular weight is 1150 g/mol. The van der Waals surface area contributed by atoms with Crippen molar-refractivity contribution in [3.8, 4) is 0 Å². The number of imide groups is 1. The van der Waals surface area contributed by atoms with E-state index < -0.39 is 83.6 Å². The monoisotopic (exact) mass is 1150 g/mol. The normalized spacial score (nSPS) is 26.1. The maximum absolute atomic E-state index is 13.8. The Balaban J connectivity index is 1.07. The summed E-state index contributed by atoms with van der Waals surface area (Å²) < 4.78 is 29.4. The highest BCUT2D eigenvalue weighted by molar-refractivity contribution is 6.12. The number of carbonyl (C=O) groups excluding carboxylic acids is 8. The summed E-state index contributed by atoms with van der Waals surface area (Å²) in [5.41, 5.74) is -0.598. The molecule has 2 fully saturated rings. The predicted octanol–water partition coefficient (Wildman–Crippen LogP) is 5.39. The molecule has 0 aromatic heterocycles. The summed E-state index contributed by atoms with van der Waals surface area (Å²) in [5, 5.41) is 40.5. The van der Waals surface area contributed by atoms with Gasteiger partial charge in [-0.1, -0.05) is 77.5 Å². The van der Waals surface area contributed by atoms with Crippen molar-refractivity contribution in [1.29, 1.82) is 0 Å². The van der Waals surface area contributed by atoms with Crippen LogP contribution in [0.15, 0.2) is 72.4 Å². The number of esters is 1. The second-order valence-electron chi connectivity index (χ2n) is 22.9. The van der Waals surface area contributed by atoms with E-state index in [1.807, 2.05) is 20.8 Å². The molecular weight excluding hydrogens is 1060 g/mol. The number of nitrogens with zero attached hydrogens (tertiary/aromatic N) is 3. The summed E-state index contributed by atoms with van der Waals surface area (Å²) in [6, 6.07) is 4.77. The molecule has 22 nitrogen and oxygen atoms in total. The van der Waals surface area contributed by atoms with E-state index in [1.165, 1.54) is 36.0 Å². The number of hydrogen-bond acceptors (Lipinski definition) is 16. The number of benzene rings is 1. The van der Waals surface area contributed by atoms with Gasteiger partial charge in [0.1, 0.15) is 30.4 Å². The molecule has 7 amide bonds. The number of rotatable bonds is 24. The molecular formula is C60H88N6O16. The number of hydrogen-bond donors (Lipinski definition) is 6. The minimum absolute atomic E-state index is 0.0538. The molecule has 2 saturated heterocycles. The molecule has 0 aliphatic carbocycles. The number of methoxy groups -OCH3 is 1. The Bertz CT molecular complexity index is 2490. The van der Waals surface area contributed by atoms with Crippen LogP contribution in [0, 0.1) is 17.8 Å². The lowest BCUT2D eigenvalue weighted by atomic mass is 9.88. The highest BCUT2D eigenvalue weighted by Crippen LogP contribution is 2.38.